The SMILES string of the molecule is CCCCC(CC(C)C)n1ccnc1. The third-order valence-corrected chi connectivity index (χ3v) is 2.58. The molecule has 0 bridgehead atoms. The van der Waals surface area contributed by atoms with Crippen LogP contribution >= 0.6 is 0 Å². The molecule has 2 nitrogen and oxygen atoms in total. The normalized spacial score (nSPS) is 13.4. The second-order valence-corrected chi connectivity index (χ2v) is 4.44. The van der Waals surface area contributed by atoms with Crippen LogP contribution in [0.1, 0.15) is 52.5 Å². The lowest BCUT2D eigenvalue weighted by Gasteiger charge is -2.20. The molecule has 1 unspecified atom stereocenters. The van der Waals surface area contributed by atoms with Gasteiger partial charge in [0.05, 0.1) is 6.33 Å². The molecule has 0 aliphatic heterocycles. The molecule has 2 heteroatoms. The van der Waals surface area contributed by atoms with Crippen LogP contribution in [0.3, 0.4) is 0 Å². The predicted octanol–water partition coefficient (Wildman–Crippen LogP) is 3.66. The highest BCUT2D eigenvalue weighted by atomic mass is 15.0. The first kappa shape index (κ1) is 11.3. The van der Waals surface area contributed by atoms with Gasteiger partial charge >= 0.3 is 0 Å². The maximum Gasteiger partial charge on any atom is 0.0948 e. The highest BCUT2D eigenvalue weighted by molar-refractivity contribution is 4.81. The van der Waals surface area contributed by atoms with E-state index in [9.17, 15) is 0 Å². The third-order valence-electron chi connectivity index (χ3n) is 2.58. The van der Waals surface area contributed by atoms with E-state index in [0.717, 1.165) is 5.92 Å². The average Bonchev–Trinajstić information content (AvgIpc) is 2.64. The van der Waals surface area contributed by atoms with E-state index in [1.165, 1.54) is 25.7 Å². The van der Waals surface area contributed by atoms with Crippen LogP contribution in [-0.2, 0) is 0 Å². The first-order valence-electron chi connectivity index (χ1n) is 5.71. The molecule has 0 fully saturated rings. The van der Waals surface area contributed by atoms with Crippen molar-refractivity contribution in [3.05, 3.63) is 18.7 Å². The molecule has 1 aromatic rings. The molecule has 1 aromatic heterocycles. The van der Waals surface area contributed by atoms with Gasteiger partial charge in [-0.15, -0.1) is 0 Å². The number of hydrogen-bond acceptors (Lipinski definition) is 1. The van der Waals surface area contributed by atoms with Gasteiger partial charge in [0.1, 0.15) is 0 Å². The fourth-order valence-corrected chi connectivity index (χ4v) is 1.86. The van der Waals surface area contributed by atoms with Crippen LogP contribution in [0.4, 0.5) is 0 Å². The van der Waals surface area contributed by atoms with Crippen LogP contribution in [0.5, 0.6) is 0 Å². The topological polar surface area (TPSA) is 17.8 Å². The lowest BCUT2D eigenvalue weighted by atomic mass is 9.99. The van der Waals surface area contributed by atoms with Gasteiger partial charge in [-0.05, 0) is 18.8 Å². The van der Waals surface area contributed by atoms with E-state index in [4.69, 9.17) is 0 Å². The number of nitrogens with zero attached hydrogens (tertiary/aromatic N) is 2. The summed E-state index contributed by atoms with van der Waals surface area (Å²) < 4.78 is 2.26. The average molecular weight is 194 g/mol. The Bertz CT molecular complexity index is 226. The molecule has 80 valence electrons. The number of imidazole rings is 1. The van der Waals surface area contributed by atoms with Gasteiger partial charge in [0, 0.05) is 18.4 Å². The van der Waals surface area contributed by atoms with Crippen LogP contribution < -0.4 is 0 Å². The monoisotopic (exact) mass is 194 g/mol. The van der Waals surface area contributed by atoms with Crippen molar-refractivity contribution < 1.29 is 0 Å². The Kier molecular flexibility index (Phi) is 4.71. The number of hydrogen-bond donors (Lipinski definition) is 0. The van der Waals surface area contributed by atoms with Crippen LogP contribution in [0.25, 0.3) is 0 Å². The van der Waals surface area contributed by atoms with Crippen LogP contribution in [0, 0.1) is 5.92 Å². The lowest BCUT2D eigenvalue weighted by Crippen LogP contribution is -2.10. The fraction of sp³-hybridized carbons (Fsp3) is 0.750. The summed E-state index contributed by atoms with van der Waals surface area (Å²) in [5, 5.41) is 0. The van der Waals surface area contributed by atoms with Crippen LogP contribution in [0.15, 0.2) is 18.7 Å². The first-order valence-corrected chi connectivity index (χ1v) is 5.71. The largest absolute Gasteiger partial charge is 0.334 e. The second-order valence-electron chi connectivity index (χ2n) is 4.44. The molecule has 1 rings (SSSR count). The minimum atomic E-state index is 0.650. The van der Waals surface area contributed by atoms with Crippen molar-refractivity contribution in [1.82, 2.24) is 9.55 Å². The zero-order valence-corrected chi connectivity index (χ0v) is 9.61. The third kappa shape index (κ3) is 3.52. The summed E-state index contributed by atoms with van der Waals surface area (Å²) in [5.41, 5.74) is 0. The molecule has 14 heavy (non-hydrogen) atoms. The van der Waals surface area contributed by atoms with Crippen LogP contribution in [0.2, 0.25) is 0 Å². The van der Waals surface area contributed by atoms with E-state index in [2.05, 4.69) is 36.5 Å². The molecule has 1 heterocycles. The number of unbranched alkanes of at least 4 members (excludes halogenated alkanes) is 1. The Morgan fingerprint density at radius 1 is 1.36 bits per heavy atom. The summed E-state index contributed by atoms with van der Waals surface area (Å²) >= 11 is 0. The molecule has 0 saturated heterocycles. The molecule has 0 aliphatic carbocycles. The molecule has 0 aliphatic rings. The van der Waals surface area contributed by atoms with Gasteiger partial charge in [-0.1, -0.05) is 33.6 Å². The standard InChI is InChI=1S/C12H22N2/c1-4-5-6-12(9-11(2)3)14-8-7-13-10-14/h7-8,10-12H,4-6,9H2,1-3H3. The van der Waals surface area contributed by atoms with Gasteiger partial charge in [0.15, 0.2) is 0 Å². The van der Waals surface area contributed by atoms with Gasteiger partial charge in [-0.3, -0.25) is 0 Å². The minimum Gasteiger partial charge on any atom is -0.334 e. The molecule has 0 saturated carbocycles. The van der Waals surface area contributed by atoms with Crippen molar-refractivity contribution in [2.45, 2.75) is 52.5 Å². The summed E-state index contributed by atoms with van der Waals surface area (Å²) in [6.45, 7) is 6.83. The van der Waals surface area contributed by atoms with Crippen molar-refractivity contribution >= 4 is 0 Å². The Balaban J connectivity index is 2.53. The summed E-state index contributed by atoms with van der Waals surface area (Å²) in [6, 6.07) is 0.650. The molecule has 0 aromatic carbocycles. The maximum atomic E-state index is 4.12. The Morgan fingerprint density at radius 3 is 2.64 bits per heavy atom. The molecule has 1 atom stereocenters. The smallest absolute Gasteiger partial charge is 0.0948 e. The molecule has 0 N–H and O–H groups in total. The predicted molar refractivity (Wildman–Crippen MR) is 60.2 cm³/mol. The molecular weight excluding hydrogens is 172 g/mol. The van der Waals surface area contributed by atoms with E-state index < -0.39 is 0 Å². The summed E-state index contributed by atoms with van der Waals surface area (Å²) in [7, 11) is 0. The summed E-state index contributed by atoms with van der Waals surface area (Å²) in [6.07, 6.45) is 11.0. The van der Waals surface area contributed by atoms with Gasteiger partial charge in [-0.2, -0.15) is 0 Å². The van der Waals surface area contributed by atoms with Crippen molar-refractivity contribution in [2.24, 2.45) is 5.92 Å². The maximum absolute atomic E-state index is 4.12. The molecular formula is C12H22N2. The van der Waals surface area contributed by atoms with Gasteiger partial charge in [-0.25, -0.2) is 4.98 Å². The second kappa shape index (κ2) is 5.84. The molecule has 0 spiro atoms. The van der Waals surface area contributed by atoms with Crippen LogP contribution in [-0.4, -0.2) is 9.55 Å². The molecule has 0 radical (unpaired) electrons. The fourth-order valence-electron chi connectivity index (χ4n) is 1.86. The van der Waals surface area contributed by atoms with E-state index in [1.807, 2.05) is 12.5 Å². The van der Waals surface area contributed by atoms with Crippen molar-refractivity contribution in [1.29, 1.82) is 0 Å². The quantitative estimate of drug-likeness (QED) is 0.675. The molecule has 0 amide bonds. The summed E-state index contributed by atoms with van der Waals surface area (Å²) in [4.78, 5) is 4.12. The van der Waals surface area contributed by atoms with Crippen molar-refractivity contribution in [2.75, 3.05) is 0 Å². The Hall–Kier alpha value is -0.790. The van der Waals surface area contributed by atoms with E-state index in [-0.39, 0.29) is 0 Å². The van der Waals surface area contributed by atoms with E-state index in [1.54, 1.807) is 0 Å². The first-order chi connectivity index (χ1) is 6.74. The van der Waals surface area contributed by atoms with Gasteiger partial charge < -0.3 is 4.57 Å². The van der Waals surface area contributed by atoms with Crippen molar-refractivity contribution in [3.63, 3.8) is 0 Å². The highest BCUT2D eigenvalue weighted by Gasteiger charge is 2.11. The number of aromatic nitrogens is 2. The zero-order chi connectivity index (χ0) is 10.4. The van der Waals surface area contributed by atoms with E-state index >= 15 is 0 Å². The summed E-state index contributed by atoms with van der Waals surface area (Å²) in [5.74, 6) is 0.763. The lowest BCUT2D eigenvalue weighted by molar-refractivity contribution is 0.369. The van der Waals surface area contributed by atoms with Crippen molar-refractivity contribution in [3.8, 4) is 0 Å². The minimum absolute atomic E-state index is 0.650. The Labute approximate surface area is 87.4 Å². The Morgan fingerprint density at radius 2 is 2.14 bits per heavy atom. The van der Waals surface area contributed by atoms with Gasteiger partial charge in [0.2, 0.25) is 0 Å². The number of rotatable bonds is 6. The van der Waals surface area contributed by atoms with Gasteiger partial charge in [0.25, 0.3) is 0 Å². The van der Waals surface area contributed by atoms with E-state index in [0.29, 0.717) is 6.04 Å². The highest BCUT2D eigenvalue weighted by Crippen LogP contribution is 2.22. The zero-order valence-electron chi connectivity index (χ0n) is 9.61.